The Morgan fingerprint density at radius 1 is 1.14 bits per heavy atom. The van der Waals surface area contributed by atoms with Crippen molar-refractivity contribution in [2.24, 2.45) is 5.92 Å². The van der Waals surface area contributed by atoms with Gasteiger partial charge in [-0.1, -0.05) is 42.5 Å². The van der Waals surface area contributed by atoms with E-state index in [9.17, 15) is 18.0 Å². The topological polar surface area (TPSA) is 72.7 Å². The summed E-state index contributed by atoms with van der Waals surface area (Å²) in [6.07, 6.45) is -2.34. The molecule has 2 aromatic carbocycles. The first-order valence-corrected chi connectivity index (χ1v) is 9.20. The zero-order chi connectivity index (χ0) is 20.4. The number of rotatable bonds is 6. The number of nitrogens with one attached hydrogen (secondary N) is 1. The maximum atomic E-state index is 12.9. The molecule has 1 aliphatic carbocycles. The number of carbonyl (C=O) groups is 1. The molecule has 1 atom stereocenters. The van der Waals surface area contributed by atoms with E-state index in [0.29, 0.717) is 5.92 Å². The van der Waals surface area contributed by atoms with Crippen LogP contribution >= 0.6 is 0 Å². The predicted molar refractivity (Wildman–Crippen MR) is 98.3 cm³/mol. The summed E-state index contributed by atoms with van der Waals surface area (Å²) in [5, 5.41) is 14.6. The molecule has 4 rings (SSSR count). The molecule has 29 heavy (non-hydrogen) atoms. The zero-order valence-electron chi connectivity index (χ0n) is 15.3. The van der Waals surface area contributed by atoms with Crippen molar-refractivity contribution >= 4 is 5.91 Å². The summed E-state index contributed by atoms with van der Waals surface area (Å²) < 4.78 is 38.6. The van der Waals surface area contributed by atoms with E-state index in [1.165, 1.54) is 12.1 Å². The number of halogens is 3. The maximum Gasteiger partial charge on any atom is 0.416 e. The highest BCUT2D eigenvalue weighted by atomic mass is 19.4. The Bertz CT molecular complexity index is 999. The predicted octanol–water partition coefficient (Wildman–Crippen LogP) is 3.63. The van der Waals surface area contributed by atoms with Crippen LogP contribution in [0.5, 0.6) is 0 Å². The number of nitrogens with zero attached hydrogens (tertiary/aromatic N) is 4. The van der Waals surface area contributed by atoms with Crippen LogP contribution in [-0.2, 0) is 17.5 Å². The van der Waals surface area contributed by atoms with Gasteiger partial charge in [0.2, 0.25) is 11.7 Å². The van der Waals surface area contributed by atoms with Crippen molar-refractivity contribution in [3.8, 4) is 11.4 Å². The Labute approximate surface area is 164 Å². The molecule has 1 aromatic heterocycles. The summed E-state index contributed by atoms with van der Waals surface area (Å²) in [7, 11) is 0. The smallest absolute Gasteiger partial charge is 0.347 e. The number of hydrogen-bond acceptors (Lipinski definition) is 4. The third-order valence-corrected chi connectivity index (χ3v) is 4.75. The fourth-order valence-corrected chi connectivity index (χ4v) is 3.17. The van der Waals surface area contributed by atoms with Gasteiger partial charge in [-0.25, -0.2) is 0 Å². The third kappa shape index (κ3) is 4.61. The first-order valence-electron chi connectivity index (χ1n) is 9.20. The van der Waals surface area contributed by atoms with Crippen LogP contribution in [-0.4, -0.2) is 26.1 Å². The monoisotopic (exact) mass is 401 g/mol. The number of tetrazole rings is 1. The van der Waals surface area contributed by atoms with Gasteiger partial charge in [0.1, 0.15) is 6.54 Å². The third-order valence-electron chi connectivity index (χ3n) is 4.75. The Morgan fingerprint density at radius 2 is 1.90 bits per heavy atom. The lowest BCUT2D eigenvalue weighted by Gasteiger charge is -2.18. The van der Waals surface area contributed by atoms with Gasteiger partial charge in [0.25, 0.3) is 0 Å². The van der Waals surface area contributed by atoms with Crippen molar-refractivity contribution in [2.75, 3.05) is 0 Å². The number of amides is 1. The highest BCUT2D eigenvalue weighted by molar-refractivity contribution is 5.76. The fourth-order valence-electron chi connectivity index (χ4n) is 3.17. The van der Waals surface area contributed by atoms with Gasteiger partial charge in [-0.3, -0.25) is 4.79 Å². The minimum atomic E-state index is -4.46. The summed E-state index contributed by atoms with van der Waals surface area (Å²) in [5.41, 5.74) is 0.436. The van der Waals surface area contributed by atoms with Gasteiger partial charge < -0.3 is 5.32 Å². The Hall–Kier alpha value is -3.23. The average Bonchev–Trinajstić information content (AvgIpc) is 3.45. The maximum absolute atomic E-state index is 12.9. The molecule has 1 fully saturated rings. The number of alkyl halides is 3. The van der Waals surface area contributed by atoms with Crippen LogP contribution in [0.25, 0.3) is 11.4 Å². The molecule has 1 aliphatic rings. The van der Waals surface area contributed by atoms with Crippen molar-refractivity contribution in [3.05, 3.63) is 65.7 Å². The second-order valence-electron chi connectivity index (χ2n) is 7.02. The molecule has 0 spiro atoms. The van der Waals surface area contributed by atoms with Gasteiger partial charge in [0.15, 0.2) is 0 Å². The molecule has 150 valence electrons. The molecule has 6 nitrogen and oxygen atoms in total. The van der Waals surface area contributed by atoms with Crippen molar-refractivity contribution in [2.45, 2.75) is 31.6 Å². The Morgan fingerprint density at radius 3 is 2.59 bits per heavy atom. The van der Waals surface area contributed by atoms with Crippen LogP contribution in [0, 0.1) is 5.92 Å². The molecule has 0 radical (unpaired) electrons. The summed E-state index contributed by atoms with van der Waals surface area (Å²) >= 11 is 0. The second-order valence-corrected chi connectivity index (χ2v) is 7.02. The van der Waals surface area contributed by atoms with E-state index in [-0.39, 0.29) is 29.9 Å². The van der Waals surface area contributed by atoms with Gasteiger partial charge in [-0.2, -0.15) is 18.0 Å². The van der Waals surface area contributed by atoms with Crippen LogP contribution < -0.4 is 5.32 Å². The molecule has 1 unspecified atom stereocenters. The van der Waals surface area contributed by atoms with E-state index in [1.54, 1.807) is 0 Å². The number of benzene rings is 2. The number of carbonyl (C=O) groups excluding carboxylic acids is 1. The first-order chi connectivity index (χ1) is 13.9. The highest BCUT2D eigenvalue weighted by Crippen LogP contribution is 2.40. The van der Waals surface area contributed by atoms with Gasteiger partial charge in [0, 0.05) is 5.56 Å². The molecule has 0 bridgehead atoms. The van der Waals surface area contributed by atoms with Gasteiger partial charge in [0.05, 0.1) is 11.6 Å². The summed E-state index contributed by atoms with van der Waals surface area (Å²) in [6, 6.07) is 14.3. The molecule has 1 heterocycles. The SMILES string of the molecule is O=C(Cn1nnc(-c2cccc(C(F)(F)F)c2)n1)NC(c1ccccc1)C1CC1. The van der Waals surface area contributed by atoms with Gasteiger partial charge in [-0.05, 0) is 41.7 Å². The molecule has 1 amide bonds. The van der Waals surface area contributed by atoms with E-state index >= 15 is 0 Å². The van der Waals surface area contributed by atoms with E-state index in [1.807, 2.05) is 30.3 Å². The summed E-state index contributed by atoms with van der Waals surface area (Å²) in [5.74, 6) is 0.162. The van der Waals surface area contributed by atoms with Crippen molar-refractivity contribution in [1.82, 2.24) is 25.5 Å². The Kier molecular flexibility index (Phi) is 5.04. The lowest BCUT2D eigenvalue weighted by molar-refractivity contribution is -0.137. The second kappa shape index (κ2) is 7.65. The van der Waals surface area contributed by atoms with E-state index in [2.05, 4.69) is 20.7 Å². The highest BCUT2D eigenvalue weighted by Gasteiger charge is 2.33. The molecule has 0 aliphatic heterocycles. The lowest BCUT2D eigenvalue weighted by atomic mass is 10.0. The molecule has 1 saturated carbocycles. The standard InChI is InChI=1S/C20H18F3N5O/c21-20(22,23)16-8-4-7-15(11-16)19-25-27-28(26-19)12-17(29)24-18(14-9-10-14)13-5-2-1-3-6-13/h1-8,11,14,18H,9-10,12H2,(H,24,29). The van der Waals surface area contributed by atoms with Crippen molar-refractivity contribution in [1.29, 1.82) is 0 Å². The molecule has 3 aromatic rings. The molecule has 9 heteroatoms. The van der Waals surface area contributed by atoms with Gasteiger partial charge >= 0.3 is 6.18 Å². The minimum Gasteiger partial charge on any atom is -0.347 e. The average molecular weight is 401 g/mol. The van der Waals surface area contributed by atoms with Crippen LogP contribution in [0.15, 0.2) is 54.6 Å². The first kappa shape index (κ1) is 19.1. The van der Waals surface area contributed by atoms with Gasteiger partial charge in [-0.15, -0.1) is 10.2 Å². The summed E-state index contributed by atoms with van der Waals surface area (Å²) in [4.78, 5) is 13.6. The van der Waals surface area contributed by atoms with E-state index in [0.717, 1.165) is 35.3 Å². The quantitative estimate of drug-likeness (QED) is 0.685. The van der Waals surface area contributed by atoms with E-state index in [4.69, 9.17) is 0 Å². The molecule has 1 N–H and O–H groups in total. The fraction of sp³-hybridized carbons (Fsp3) is 0.300. The van der Waals surface area contributed by atoms with Crippen LogP contribution in [0.3, 0.4) is 0 Å². The minimum absolute atomic E-state index is 0.0331. The Balaban J connectivity index is 1.44. The van der Waals surface area contributed by atoms with Crippen LogP contribution in [0.1, 0.15) is 30.0 Å². The van der Waals surface area contributed by atoms with Crippen molar-refractivity contribution in [3.63, 3.8) is 0 Å². The van der Waals surface area contributed by atoms with Crippen LogP contribution in [0.4, 0.5) is 13.2 Å². The lowest BCUT2D eigenvalue weighted by Crippen LogP contribution is -2.33. The van der Waals surface area contributed by atoms with E-state index < -0.39 is 11.7 Å². The largest absolute Gasteiger partial charge is 0.416 e. The van der Waals surface area contributed by atoms with Crippen LogP contribution in [0.2, 0.25) is 0 Å². The number of hydrogen-bond donors (Lipinski definition) is 1. The van der Waals surface area contributed by atoms with Crippen molar-refractivity contribution < 1.29 is 18.0 Å². The zero-order valence-corrected chi connectivity index (χ0v) is 15.3. The molecular weight excluding hydrogens is 383 g/mol. The molecule has 0 saturated heterocycles. The molecular formula is C20H18F3N5O. The summed E-state index contributed by atoms with van der Waals surface area (Å²) in [6.45, 7) is -0.165. The number of aromatic nitrogens is 4. The normalized spacial score (nSPS) is 15.1.